The Morgan fingerprint density at radius 2 is 2.00 bits per heavy atom. The molecule has 4 rings (SSSR count). The molecule has 0 spiro atoms. The van der Waals surface area contributed by atoms with E-state index in [1.165, 1.54) is 5.56 Å². The fourth-order valence-electron chi connectivity index (χ4n) is 3.85. The Kier molecular flexibility index (Phi) is 5.05. The van der Waals surface area contributed by atoms with E-state index in [1.54, 1.807) is 6.07 Å². The van der Waals surface area contributed by atoms with E-state index in [2.05, 4.69) is 22.5 Å². The first-order valence-corrected chi connectivity index (χ1v) is 9.61. The normalized spacial score (nSPS) is 19.7. The second-order valence-electron chi connectivity index (χ2n) is 7.47. The molecular weight excluding hydrogens is 338 g/mol. The molecule has 1 atom stereocenters. The molecule has 1 aliphatic carbocycles. The third-order valence-corrected chi connectivity index (χ3v) is 5.53. The second-order valence-corrected chi connectivity index (χ2v) is 7.47. The van der Waals surface area contributed by atoms with Gasteiger partial charge in [0.05, 0.1) is 0 Å². The highest BCUT2D eigenvalue weighted by molar-refractivity contribution is 6.05. The van der Waals surface area contributed by atoms with Crippen molar-refractivity contribution >= 4 is 17.4 Å². The maximum atomic E-state index is 12.5. The van der Waals surface area contributed by atoms with E-state index >= 15 is 0 Å². The number of Topliss-reactive ketones (excluding diaryl/α,β-unsaturated/α-hetero) is 1. The molecule has 1 aliphatic heterocycles. The maximum Gasteiger partial charge on any atom is 0.255 e. The predicted octanol–water partition coefficient (Wildman–Crippen LogP) is 2.86. The second kappa shape index (κ2) is 7.62. The van der Waals surface area contributed by atoms with Crippen molar-refractivity contribution in [2.45, 2.75) is 32.4 Å². The number of carbonyl (C=O) groups excluding carboxylic acids is 2. The monoisotopic (exact) mass is 363 g/mol. The number of anilines is 1. The van der Waals surface area contributed by atoms with Crippen LogP contribution in [0.3, 0.4) is 0 Å². The van der Waals surface area contributed by atoms with Crippen LogP contribution < -0.4 is 10.6 Å². The number of fused-ring (bicyclic) bond motifs is 1. The smallest absolute Gasteiger partial charge is 0.255 e. The zero-order valence-electron chi connectivity index (χ0n) is 15.6. The predicted molar refractivity (Wildman–Crippen MR) is 106 cm³/mol. The van der Waals surface area contributed by atoms with Gasteiger partial charge in [0.25, 0.3) is 5.91 Å². The molecule has 5 nitrogen and oxygen atoms in total. The number of nitrogens with one attached hydrogen (secondary N) is 2. The molecular formula is C22H25N3O2. The Morgan fingerprint density at radius 1 is 1.19 bits per heavy atom. The first-order chi connectivity index (χ1) is 13.1. The van der Waals surface area contributed by atoms with Crippen LogP contribution in [0.1, 0.15) is 45.2 Å². The molecule has 1 saturated heterocycles. The quantitative estimate of drug-likeness (QED) is 0.877. The molecule has 2 aromatic carbocycles. The zero-order valence-corrected chi connectivity index (χ0v) is 15.6. The SMILES string of the molecule is C[C@H]1CNCCN1Cc1ccc(C(=O)Nc2ccc3c(c2)CCC3=O)cc1. The van der Waals surface area contributed by atoms with Crippen molar-refractivity contribution in [2.75, 3.05) is 25.0 Å². The number of ketones is 1. The number of hydrogen-bond donors (Lipinski definition) is 2. The van der Waals surface area contributed by atoms with Crippen LogP contribution in [0.15, 0.2) is 42.5 Å². The van der Waals surface area contributed by atoms with Crippen molar-refractivity contribution in [3.05, 3.63) is 64.7 Å². The number of nitrogens with zero attached hydrogens (tertiary/aromatic N) is 1. The number of rotatable bonds is 4. The van der Waals surface area contributed by atoms with Gasteiger partial charge in [-0.1, -0.05) is 12.1 Å². The highest BCUT2D eigenvalue weighted by Gasteiger charge is 2.20. The summed E-state index contributed by atoms with van der Waals surface area (Å²) in [6, 6.07) is 13.9. The van der Waals surface area contributed by atoms with Crippen molar-refractivity contribution in [1.82, 2.24) is 10.2 Å². The van der Waals surface area contributed by atoms with E-state index in [0.717, 1.165) is 49.4 Å². The molecule has 2 aliphatic rings. The van der Waals surface area contributed by atoms with Crippen LogP contribution in [0.25, 0.3) is 0 Å². The zero-order chi connectivity index (χ0) is 18.8. The minimum atomic E-state index is -0.124. The lowest BCUT2D eigenvalue weighted by Crippen LogP contribution is -2.49. The van der Waals surface area contributed by atoms with Crippen molar-refractivity contribution < 1.29 is 9.59 Å². The highest BCUT2D eigenvalue weighted by Crippen LogP contribution is 2.25. The standard InChI is InChI=1S/C22H25N3O2/c1-15-13-23-10-11-25(15)14-16-2-4-17(5-3-16)22(27)24-19-7-8-20-18(12-19)6-9-21(20)26/h2-5,7-8,12,15,23H,6,9-11,13-14H2,1H3,(H,24,27)/t15-/m0/s1. The molecule has 2 aromatic rings. The summed E-state index contributed by atoms with van der Waals surface area (Å²) in [6.45, 7) is 6.23. The number of carbonyl (C=O) groups is 2. The largest absolute Gasteiger partial charge is 0.322 e. The Morgan fingerprint density at radius 3 is 2.78 bits per heavy atom. The lowest BCUT2D eigenvalue weighted by Gasteiger charge is -2.33. The number of benzene rings is 2. The minimum Gasteiger partial charge on any atom is -0.322 e. The van der Waals surface area contributed by atoms with E-state index in [-0.39, 0.29) is 11.7 Å². The average molecular weight is 363 g/mol. The van der Waals surface area contributed by atoms with Gasteiger partial charge in [0.1, 0.15) is 0 Å². The number of piperazine rings is 1. The Labute approximate surface area is 159 Å². The topological polar surface area (TPSA) is 61.4 Å². The molecule has 0 radical (unpaired) electrons. The molecule has 5 heteroatoms. The number of amides is 1. The molecule has 1 fully saturated rings. The van der Waals surface area contributed by atoms with E-state index < -0.39 is 0 Å². The van der Waals surface area contributed by atoms with Crippen LogP contribution in [0, 0.1) is 0 Å². The molecule has 0 aromatic heterocycles. The molecule has 140 valence electrons. The van der Waals surface area contributed by atoms with Gasteiger partial charge in [-0.3, -0.25) is 14.5 Å². The van der Waals surface area contributed by atoms with Crippen molar-refractivity contribution in [2.24, 2.45) is 0 Å². The summed E-state index contributed by atoms with van der Waals surface area (Å²) in [5.41, 5.74) is 4.42. The van der Waals surface area contributed by atoms with Crippen LogP contribution in [-0.4, -0.2) is 42.3 Å². The Balaban J connectivity index is 1.40. The summed E-state index contributed by atoms with van der Waals surface area (Å²) in [7, 11) is 0. The fourth-order valence-corrected chi connectivity index (χ4v) is 3.85. The van der Waals surface area contributed by atoms with E-state index in [0.29, 0.717) is 18.0 Å². The van der Waals surface area contributed by atoms with E-state index in [4.69, 9.17) is 0 Å². The first-order valence-electron chi connectivity index (χ1n) is 9.61. The van der Waals surface area contributed by atoms with Gasteiger partial charge in [-0.25, -0.2) is 0 Å². The molecule has 0 bridgehead atoms. The molecule has 0 unspecified atom stereocenters. The molecule has 1 amide bonds. The van der Waals surface area contributed by atoms with Gasteiger partial charge < -0.3 is 10.6 Å². The molecule has 0 saturated carbocycles. The molecule has 2 N–H and O–H groups in total. The summed E-state index contributed by atoms with van der Waals surface area (Å²) in [5.74, 6) is 0.0682. The van der Waals surface area contributed by atoms with E-state index in [1.807, 2.05) is 36.4 Å². The first kappa shape index (κ1) is 17.9. The lowest BCUT2D eigenvalue weighted by molar-refractivity contribution is 0.0992. The van der Waals surface area contributed by atoms with Crippen LogP contribution in [-0.2, 0) is 13.0 Å². The number of aryl methyl sites for hydroxylation is 1. The van der Waals surface area contributed by atoms with Gasteiger partial charge in [-0.15, -0.1) is 0 Å². The summed E-state index contributed by atoms with van der Waals surface area (Å²) >= 11 is 0. The van der Waals surface area contributed by atoms with Crippen LogP contribution in [0.2, 0.25) is 0 Å². The van der Waals surface area contributed by atoms with Gasteiger partial charge in [0, 0.05) is 55.5 Å². The van der Waals surface area contributed by atoms with Gasteiger partial charge >= 0.3 is 0 Å². The fraction of sp³-hybridized carbons (Fsp3) is 0.364. The van der Waals surface area contributed by atoms with E-state index in [9.17, 15) is 9.59 Å². The Bertz CT molecular complexity index is 860. The van der Waals surface area contributed by atoms with Crippen LogP contribution >= 0.6 is 0 Å². The van der Waals surface area contributed by atoms with Crippen LogP contribution in [0.4, 0.5) is 5.69 Å². The minimum absolute atomic E-state index is 0.124. The van der Waals surface area contributed by atoms with Gasteiger partial charge in [0.2, 0.25) is 0 Å². The van der Waals surface area contributed by atoms with Crippen LogP contribution in [0.5, 0.6) is 0 Å². The summed E-state index contributed by atoms with van der Waals surface area (Å²) in [5, 5.41) is 6.34. The van der Waals surface area contributed by atoms with Crippen molar-refractivity contribution in [3.8, 4) is 0 Å². The third kappa shape index (κ3) is 3.94. The summed E-state index contributed by atoms with van der Waals surface area (Å²) < 4.78 is 0. The molecule has 27 heavy (non-hydrogen) atoms. The highest BCUT2D eigenvalue weighted by atomic mass is 16.1. The third-order valence-electron chi connectivity index (χ3n) is 5.53. The van der Waals surface area contributed by atoms with Gasteiger partial charge in [-0.05, 0) is 54.8 Å². The van der Waals surface area contributed by atoms with Crippen molar-refractivity contribution in [3.63, 3.8) is 0 Å². The summed E-state index contributed by atoms with van der Waals surface area (Å²) in [6.07, 6.45) is 1.33. The van der Waals surface area contributed by atoms with Gasteiger partial charge in [-0.2, -0.15) is 0 Å². The number of hydrogen-bond acceptors (Lipinski definition) is 4. The lowest BCUT2D eigenvalue weighted by atomic mass is 10.1. The Hall–Kier alpha value is -2.50. The maximum absolute atomic E-state index is 12.5. The summed E-state index contributed by atoms with van der Waals surface area (Å²) in [4.78, 5) is 26.7. The average Bonchev–Trinajstić information content (AvgIpc) is 3.04. The molecule has 1 heterocycles. The van der Waals surface area contributed by atoms with Crippen molar-refractivity contribution in [1.29, 1.82) is 0 Å². The van der Waals surface area contributed by atoms with Gasteiger partial charge in [0.15, 0.2) is 5.78 Å².